The molecule has 4 nitrogen and oxygen atoms in total. The summed E-state index contributed by atoms with van der Waals surface area (Å²) in [6.07, 6.45) is 4.43. The van der Waals surface area contributed by atoms with Crippen LogP contribution < -0.4 is 14.8 Å². The van der Waals surface area contributed by atoms with Crippen molar-refractivity contribution in [2.24, 2.45) is 0 Å². The second-order valence-corrected chi connectivity index (χ2v) is 5.79. The Balaban J connectivity index is 1.77. The molecule has 1 aliphatic rings. The van der Waals surface area contributed by atoms with Gasteiger partial charge in [-0.3, -0.25) is 4.98 Å². The zero-order valence-electron chi connectivity index (χ0n) is 13.6. The number of nitrogens with one attached hydrogen (secondary N) is 1. The summed E-state index contributed by atoms with van der Waals surface area (Å²) in [6, 6.07) is 7.18. The Kier molecular flexibility index (Phi) is 4.11. The summed E-state index contributed by atoms with van der Waals surface area (Å²) < 4.78 is 25.2. The van der Waals surface area contributed by atoms with Gasteiger partial charge in [0.1, 0.15) is 5.82 Å². The molecule has 0 fully saturated rings. The van der Waals surface area contributed by atoms with Crippen molar-refractivity contribution < 1.29 is 13.9 Å². The maximum atomic E-state index is 13.3. The van der Waals surface area contributed by atoms with Crippen molar-refractivity contribution in [2.45, 2.75) is 45.4 Å². The Hall–Kier alpha value is -2.30. The van der Waals surface area contributed by atoms with Gasteiger partial charge in [-0.25, -0.2) is 4.39 Å². The molecule has 23 heavy (non-hydrogen) atoms. The normalized spacial score (nSPS) is 16.2. The fraction of sp³-hybridized carbons (Fsp3) is 0.389. The van der Waals surface area contributed by atoms with Gasteiger partial charge in [0, 0.05) is 30.8 Å². The minimum Gasteiger partial charge on any atom is -0.448 e. The molecule has 0 bridgehead atoms. The topological polar surface area (TPSA) is 43.4 Å². The summed E-state index contributed by atoms with van der Waals surface area (Å²) in [7, 11) is 0. The average molecular weight is 316 g/mol. The van der Waals surface area contributed by atoms with Gasteiger partial charge in [0.15, 0.2) is 11.5 Å². The molecule has 1 atom stereocenters. The van der Waals surface area contributed by atoms with Gasteiger partial charge < -0.3 is 14.8 Å². The highest BCUT2D eigenvalue weighted by Gasteiger charge is 2.38. The maximum absolute atomic E-state index is 13.3. The molecule has 0 radical (unpaired) electrons. The second kappa shape index (κ2) is 6.07. The predicted molar refractivity (Wildman–Crippen MR) is 87.2 cm³/mol. The van der Waals surface area contributed by atoms with Crippen molar-refractivity contribution in [2.75, 3.05) is 5.32 Å². The van der Waals surface area contributed by atoms with Crippen LogP contribution in [0.2, 0.25) is 0 Å². The van der Waals surface area contributed by atoms with Gasteiger partial charge in [-0.2, -0.15) is 0 Å². The van der Waals surface area contributed by atoms with Crippen LogP contribution in [0.15, 0.2) is 36.7 Å². The van der Waals surface area contributed by atoms with Gasteiger partial charge in [-0.05, 0) is 30.7 Å². The number of fused-ring (bicyclic) bond motifs is 1. The van der Waals surface area contributed by atoms with Gasteiger partial charge in [0.05, 0.1) is 12.2 Å². The quantitative estimate of drug-likeness (QED) is 0.869. The smallest absolute Gasteiger partial charge is 0.251 e. The first-order valence-corrected chi connectivity index (χ1v) is 7.94. The molecule has 0 amide bonds. The fourth-order valence-electron chi connectivity index (χ4n) is 2.72. The maximum Gasteiger partial charge on any atom is 0.251 e. The molecular formula is C18H21FN2O2. The summed E-state index contributed by atoms with van der Waals surface area (Å²) in [5.41, 5.74) is 1.69. The molecule has 3 rings (SSSR count). The van der Waals surface area contributed by atoms with Gasteiger partial charge in [0.2, 0.25) is 0 Å². The van der Waals surface area contributed by atoms with Gasteiger partial charge in [-0.1, -0.05) is 13.8 Å². The number of ether oxygens (including phenoxy) is 2. The summed E-state index contributed by atoms with van der Waals surface area (Å²) in [6.45, 7) is 6.06. The van der Waals surface area contributed by atoms with E-state index in [9.17, 15) is 4.39 Å². The molecule has 5 heteroatoms. The van der Waals surface area contributed by atoms with E-state index in [2.05, 4.69) is 10.3 Å². The first-order valence-electron chi connectivity index (χ1n) is 7.94. The standard InChI is InChI=1S/C18H21FN2O2/c1-4-18(5-2)22-16-7-6-15(9-17(16)23-18)21-12(3)13-8-14(19)11-20-10-13/h6-12,21H,4-5H2,1-3H3/t12-/m1/s1. The van der Waals surface area contributed by atoms with Crippen LogP contribution in [0, 0.1) is 5.82 Å². The van der Waals surface area contributed by atoms with E-state index >= 15 is 0 Å². The van der Waals surface area contributed by atoms with Crippen LogP contribution in [0.3, 0.4) is 0 Å². The van der Waals surface area contributed by atoms with E-state index in [1.807, 2.05) is 39.0 Å². The summed E-state index contributed by atoms with van der Waals surface area (Å²) in [5.74, 6) is 0.610. The van der Waals surface area contributed by atoms with Crippen LogP contribution in [-0.2, 0) is 0 Å². The highest BCUT2D eigenvalue weighted by atomic mass is 19.1. The number of anilines is 1. The van der Waals surface area contributed by atoms with Gasteiger partial charge in [0.25, 0.3) is 5.79 Å². The van der Waals surface area contributed by atoms with E-state index in [4.69, 9.17) is 9.47 Å². The molecule has 0 spiro atoms. The Morgan fingerprint density at radius 1 is 1.13 bits per heavy atom. The third-order valence-electron chi connectivity index (χ3n) is 4.22. The molecule has 1 N–H and O–H groups in total. The zero-order valence-corrected chi connectivity index (χ0v) is 13.6. The van der Waals surface area contributed by atoms with E-state index < -0.39 is 5.79 Å². The molecule has 0 aliphatic carbocycles. The molecule has 1 aromatic carbocycles. The summed E-state index contributed by atoms with van der Waals surface area (Å²) in [4.78, 5) is 3.89. The van der Waals surface area contributed by atoms with E-state index in [-0.39, 0.29) is 11.9 Å². The Morgan fingerprint density at radius 2 is 1.87 bits per heavy atom. The number of nitrogens with zero attached hydrogens (tertiary/aromatic N) is 1. The lowest BCUT2D eigenvalue weighted by molar-refractivity contribution is -0.0843. The monoisotopic (exact) mass is 316 g/mol. The summed E-state index contributed by atoms with van der Waals surface area (Å²) in [5, 5.41) is 3.34. The molecule has 1 aromatic heterocycles. The van der Waals surface area contributed by atoms with Crippen LogP contribution in [0.1, 0.15) is 45.2 Å². The first kappa shape index (κ1) is 15.6. The predicted octanol–water partition coefficient (Wildman–Crippen LogP) is 4.68. The molecule has 1 aliphatic heterocycles. The number of aromatic nitrogens is 1. The summed E-state index contributed by atoms with van der Waals surface area (Å²) >= 11 is 0. The van der Waals surface area contributed by atoms with Crippen molar-refractivity contribution in [1.82, 2.24) is 4.98 Å². The lowest BCUT2D eigenvalue weighted by Gasteiger charge is -2.24. The van der Waals surface area contributed by atoms with Crippen LogP contribution in [-0.4, -0.2) is 10.8 Å². The minimum absolute atomic E-state index is 0.0688. The highest BCUT2D eigenvalue weighted by molar-refractivity contribution is 5.57. The molecular weight excluding hydrogens is 295 g/mol. The van der Waals surface area contributed by atoms with Crippen LogP contribution in [0.4, 0.5) is 10.1 Å². The third-order valence-corrected chi connectivity index (χ3v) is 4.22. The van der Waals surface area contributed by atoms with E-state index in [1.165, 1.54) is 12.3 Å². The fourth-order valence-corrected chi connectivity index (χ4v) is 2.72. The number of halogens is 1. The number of benzene rings is 1. The first-order chi connectivity index (χ1) is 11.0. The number of pyridine rings is 1. The third kappa shape index (κ3) is 3.09. The number of hydrogen-bond donors (Lipinski definition) is 1. The van der Waals surface area contributed by atoms with E-state index in [0.29, 0.717) is 0 Å². The highest BCUT2D eigenvalue weighted by Crippen LogP contribution is 2.43. The Bertz CT molecular complexity index is 701. The molecule has 0 saturated heterocycles. The average Bonchev–Trinajstić information content (AvgIpc) is 2.93. The van der Waals surface area contributed by atoms with E-state index in [1.54, 1.807) is 6.20 Å². The van der Waals surface area contributed by atoms with Crippen molar-refractivity contribution in [3.63, 3.8) is 0 Å². The van der Waals surface area contributed by atoms with Crippen molar-refractivity contribution >= 4 is 5.69 Å². The van der Waals surface area contributed by atoms with Crippen molar-refractivity contribution in [3.05, 3.63) is 48.0 Å². The van der Waals surface area contributed by atoms with E-state index in [0.717, 1.165) is 35.6 Å². The number of rotatable bonds is 5. The largest absolute Gasteiger partial charge is 0.448 e. The molecule has 0 saturated carbocycles. The molecule has 122 valence electrons. The van der Waals surface area contributed by atoms with Crippen molar-refractivity contribution in [3.8, 4) is 11.5 Å². The second-order valence-electron chi connectivity index (χ2n) is 5.79. The number of hydrogen-bond acceptors (Lipinski definition) is 4. The Morgan fingerprint density at radius 3 is 2.57 bits per heavy atom. The molecule has 0 unspecified atom stereocenters. The minimum atomic E-state index is -0.556. The van der Waals surface area contributed by atoms with Crippen molar-refractivity contribution in [1.29, 1.82) is 0 Å². The van der Waals surface area contributed by atoms with Crippen LogP contribution in [0.5, 0.6) is 11.5 Å². The SMILES string of the molecule is CCC1(CC)Oc2ccc(N[C@H](C)c3cncc(F)c3)cc2O1. The Labute approximate surface area is 135 Å². The van der Waals surface area contributed by atoms with Crippen LogP contribution in [0.25, 0.3) is 0 Å². The lowest BCUT2D eigenvalue weighted by Crippen LogP contribution is -2.36. The molecule has 2 heterocycles. The lowest BCUT2D eigenvalue weighted by atomic mass is 10.1. The van der Waals surface area contributed by atoms with Crippen LogP contribution >= 0.6 is 0 Å². The van der Waals surface area contributed by atoms with Gasteiger partial charge >= 0.3 is 0 Å². The van der Waals surface area contributed by atoms with Gasteiger partial charge in [-0.15, -0.1) is 0 Å². The zero-order chi connectivity index (χ0) is 16.4. The molecule has 2 aromatic rings.